The maximum atomic E-state index is 12.9. The first-order valence-corrected chi connectivity index (χ1v) is 9.50. The van der Waals surface area contributed by atoms with E-state index < -0.39 is 21.0 Å². The molecule has 0 saturated carbocycles. The first-order valence-electron chi connectivity index (χ1n) is 7.99. The van der Waals surface area contributed by atoms with Crippen molar-refractivity contribution in [1.29, 1.82) is 10.0 Å². The topological polar surface area (TPSA) is 127 Å². The molecular formula is C15H13F3N8OS. The van der Waals surface area contributed by atoms with Gasteiger partial charge in [-0.3, -0.25) is 4.68 Å². The average molecular weight is 410 g/mol. The Bertz CT molecular complexity index is 1180. The van der Waals surface area contributed by atoms with Crippen LogP contribution in [0.4, 0.5) is 13.2 Å². The largest absolute Gasteiger partial charge is 0.492 e. The molecule has 0 spiro atoms. The van der Waals surface area contributed by atoms with Gasteiger partial charge in [-0.2, -0.15) is 23.5 Å². The minimum Gasteiger partial charge on any atom is -0.346 e. The molecule has 0 aromatic carbocycles. The average Bonchev–Trinajstić information content (AvgIpc) is 3.25. The molecule has 9 nitrogen and oxygen atoms in total. The molecule has 3 aromatic rings. The van der Waals surface area contributed by atoms with E-state index in [1.54, 1.807) is 18.5 Å². The Morgan fingerprint density at radius 3 is 2.82 bits per heavy atom. The number of hydrogen-bond acceptors (Lipinski definition) is 6. The molecular weight excluding hydrogens is 397 g/mol. The van der Waals surface area contributed by atoms with Crippen LogP contribution in [0.5, 0.6) is 0 Å². The zero-order valence-electron chi connectivity index (χ0n) is 14.1. The first-order chi connectivity index (χ1) is 13.2. The van der Waals surface area contributed by atoms with E-state index in [4.69, 9.17) is 10.0 Å². The van der Waals surface area contributed by atoms with E-state index in [1.807, 2.05) is 6.07 Å². The molecule has 0 amide bonds. The molecule has 0 bridgehead atoms. The summed E-state index contributed by atoms with van der Waals surface area (Å²) in [6, 6.07) is 3.73. The SMILES string of the molecule is N#CCC1(n2cc(-c3ncnc4[nH]ccc34)cn2)CN(S(=N)(=O)C(F)(F)F)C1. The van der Waals surface area contributed by atoms with Crippen molar-refractivity contribution in [1.82, 2.24) is 29.0 Å². The molecule has 1 aliphatic rings. The molecule has 28 heavy (non-hydrogen) atoms. The van der Waals surface area contributed by atoms with Crippen LogP contribution in [0.3, 0.4) is 0 Å². The Kier molecular flexibility index (Phi) is 3.95. The monoisotopic (exact) mass is 410 g/mol. The van der Waals surface area contributed by atoms with Crippen LogP contribution in [0.2, 0.25) is 0 Å². The summed E-state index contributed by atoms with van der Waals surface area (Å²) in [5, 5.41) is 14.1. The van der Waals surface area contributed by atoms with Gasteiger partial charge >= 0.3 is 5.51 Å². The third-order valence-corrected chi connectivity index (χ3v) is 6.34. The van der Waals surface area contributed by atoms with Crippen molar-refractivity contribution in [3.63, 3.8) is 0 Å². The second kappa shape index (κ2) is 6.01. The number of rotatable bonds is 4. The highest BCUT2D eigenvalue weighted by Gasteiger charge is 2.56. The van der Waals surface area contributed by atoms with Crippen molar-refractivity contribution in [2.24, 2.45) is 0 Å². The molecule has 13 heteroatoms. The van der Waals surface area contributed by atoms with Crippen LogP contribution in [0.25, 0.3) is 22.3 Å². The number of alkyl halides is 3. The van der Waals surface area contributed by atoms with Crippen LogP contribution < -0.4 is 0 Å². The third-order valence-electron chi connectivity index (χ3n) is 4.72. The van der Waals surface area contributed by atoms with Crippen LogP contribution >= 0.6 is 0 Å². The number of halogens is 3. The summed E-state index contributed by atoms with van der Waals surface area (Å²) in [6.07, 6.45) is 6.03. The van der Waals surface area contributed by atoms with Crippen molar-refractivity contribution in [2.75, 3.05) is 13.1 Å². The quantitative estimate of drug-likeness (QED) is 0.682. The van der Waals surface area contributed by atoms with Gasteiger partial charge < -0.3 is 4.98 Å². The molecule has 1 aliphatic heterocycles. The number of nitriles is 1. The van der Waals surface area contributed by atoms with Gasteiger partial charge in [0.15, 0.2) is 0 Å². The molecule has 0 radical (unpaired) electrons. The Hall–Kier alpha value is -2.98. The molecule has 1 saturated heterocycles. The number of H-pyrrole nitrogens is 1. The van der Waals surface area contributed by atoms with Crippen LogP contribution in [0.1, 0.15) is 6.42 Å². The Labute approximate surface area is 156 Å². The highest BCUT2D eigenvalue weighted by atomic mass is 32.2. The Morgan fingerprint density at radius 2 is 2.14 bits per heavy atom. The van der Waals surface area contributed by atoms with Gasteiger partial charge in [0.25, 0.3) is 0 Å². The van der Waals surface area contributed by atoms with E-state index in [-0.39, 0.29) is 19.5 Å². The van der Waals surface area contributed by atoms with E-state index in [2.05, 4.69) is 20.1 Å². The number of aromatic nitrogens is 5. The standard InChI is InChI=1S/C15H13F3N8OS/c16-15(17,18)28(20,27)25-7-14(8-25,2-3-19)26-6-10(5-24-26)12-11-1-4-21-13(11)23-9-22-12/h1,4-6,9,20H,2,7-8H2,(H,21,22,23). The molecule has 1 atom stereocenters. The molecule has 4 heterocycles. The van der Waals surface area contributed by atoms with Gasteiger partial charge in [-0.05, 0) is 6.07 Å². The fourth-order valence-corrected chi connectivity index (χ4v) is 4.37. The van der Waals surface area contributed by atoms with E-state index in [0.717, 1.165) is 5.39 Å². The molecule has 4 rings (SSSR count). The highest BCUT2D eigenvalue weighted by molar-refractivity contribution is 7.91. The lowest BCUT2D eigenvalue weighted by atomic mass is 9.89. The molecule has 1 unspecified atom stereocenters. The first kappa shape index (κ1) is 18.4. The number of aromatic amines is 1. The smallest absolute Gasteiger partial charge is 0.346 e. The summed E-state index contributed by atoms with van der Waals surface area (Å²) < 4.78 is 59.6. The summed E-state index contributed by atoms with van der Waals surface area (Å²) in [7, 11) is -4.95. The summed E-state index contributed by atoms with van der Waals surface area (Å²) in [5.74, 6) is 0. The van der Waals surface area contributed by atoms with Gasteiger partial charge in [-0.25, -0.2) is 23.3 Å². The fourth-order valence-electron chi connectivity index (χ4n) is 3.23. The summed E-state index contributed by atoms with van der Waals surface area (Å²) in [4.78, 5) is 11.3. The zero-order valence-corrected chi connectivity index (χ0v) is 15.0. The lowest BCUT2D eigenvalue weighted by Gasteiger charge is -2.48. The van der Waals surface area contributed by atoms with E-state index in [1.165, 1.54) is 17.2 Å². The second-order valence-electron chi connectivity index (χ2n) is 6.46. The van der Waals surface area contributed by atoms with Crippen LogP contribution in [0, 0.1) is 16.1 Å². The lowest BCUT2D eigenvalue weighted by molar-refractivity contribution is -0.0525. The van der Waals surface area contributed by atoms with Crippen molar-refractivity contribution >= 4 is 20.9 Å². The minimum absolute atomic E-state index is 0.138. The second-order valence-corrected chi connectivity index (χ2v) is 8.50. The van der Waals surface area contributed by atoms with Gasteiger partial charge in [0, 0.05) is 36.4 Å². The lowest BCUT2D eigenvalue weighted by Crippen LogP contribution is -2.65. The summed E-state index contributed by atoms with van der Waals surface area (Å²) in [5.41, 5.74) is -4.45. The predicted molar refractivity (Wildman–Crippen MR) is 91.8 cm³/mol. The maximum Gasteiger partial charge on any atom is 0.492 e. The van der Waals surface area contributed by atoms with Crippen LogP contribution in [-0.2, 0) is 15.5 Å². The number of hydrogen-bond donors (Lipinski definition) is 2. The van der Waals surface area contributed by atoms with Gasteiger partial charge in [-0.15, -0.1) is 0 Å². The minimum atomic E-state index is -5.16. The molecule has 1 fully saturated rings. The van der Waals surface area contributed by atoms with Crippen molar-refractivity contribution < 1.29 is 17.4 Å². The maximum absolute atomic E-state index is 12.9. The molecule has 2 N–H and O–H groups in total. The van der Waals surface area contributed by atoms with Crippen LogP contribution in [-0.4, -0.2) is 51.8 Å². The fraction of sp³-hybridized carbons (Fsp3) is 0.333. The zero-order chi connectivity index (χ0) is 20.2. The number of nitrogens with zero attached hydrogens (tertiary/aromatic N) is 6. The normalized spacial score (nSPS) is 19.1. The van der Waals surface area contributed by atoms with Crippen molar-refractivity contribution in [2.45, 2.75) is 17.5 Å². The third kappa shape index (κ3) is 2.64. The van der Waals surface area contributed by atoms with E-state index in [9.17, 15) is 17.4 Å². The van der Waals surface area contributed by atoms with Crippen LogP contribution in [0.15, 0.2) is 31.0 Å². The number of nitrogens with one attached hydrogen (secondary N) is 2. The van der Waals surface area contributed by atoms with Crippen molar-refractivity contribution in [3.8, 4) is 17.3 Å². The highest BCUT2D eigenvalue weighted by Crippen LogP contribution is 2.40. The van der Waals surface area contributed by atoms with Gasteiger partial charge in [0.05, 0.1) is 24.4 Å². The van der Waals surface area contributed by atoms with E-state index >= 15 is 0 Å². The van der Waals surface area contributed by atoms with Crippen molar-refractivity contribution in [3.05, 3.63) is 31.0 Å². The molecule has 3 aromatic heterocycles. The van der Waals surface area contributed by atoms with Gasteiger partial charge in [0.2, 0.25) is 9.92 Å². The van der Waals surface area contributed by atoms with Gasteiger partial charge in [-0.1, -0.05) is 0 Å². The van der Waals surface area contributed by atoms with Gasteiger partial charge in [0.1, 0.15) is 17.5 Å². The van der Waals surface area contributed by atoms with E-state index in [0.29, 0.717) is 21.2 Å². The Morgan fingerprint density at radius 1 is 1.39 bits per heavy atom. The summed E-state index contributed by atoms with van der Waals surface area (Å²) >= 11 is 0. The summed E-state index contributed by atoms with van der Waals surface area (Å²) in [6.45, 7) is -0.736. The predicted octanol–water partition coefficient (Wildman–Crippen LogP) is 2.23. The Balaban J connectivity index is 1.67. The molecule has 146 valence electrons. The number of fused-ring (bicyclic) bond motifs is 1. The molecule has 0 aliphatic carbocycles.